The highest BCUT2D eigenvalue weighted by Gasteiger charge is 2.56. The van der Waals surface area contributed by atoms with Gasteiger partial charge in [-0.25, -0.2) is 14.5 Å². The van der Waals surface area contributed by atoms with Crippen LogP contribution in [0, 0.1) is 5.41 Å². The molecule has 72 heavy (non-hydrogen) atoms. The maximum Gasteiger partial charge on any atom is 0.416 e. The Hall–Kier alpha value is -6.46. The van der Waals surface area contributed by atoms with Crippen molar-refractivity contribution in [1.29, 1.82) is 0 Å². The Bertz CT molecular complexity index is 2590. The second-order valence-corrected chi connectivity index (χ2v) is 25.5. The SMILES string of the molecule is C=CCOC(=O)N1C[C@@H]2CC(c3ccc(OC)cc3)=CN2C(=O)c2cc(OC)c(OCCCCCOc3cc4c(cc3OC)C(=O)N3CC5(CC[C@H]3C(O[Si](C)(C)C(C)(C)C)N4C(=O)OCC=C)CC5)cc21. The number of nitrogens with zero attached hydrogens (tertiary/aromatic N) is 4. The number of hydrogen-bond acceptors (Lipinski definition) is 12. The minimum Gasteiger partial charge on any atom is -0.497 e. The molecule has 3 aromatic carbocycles. The van der Waals surface area contributed by atoms with Crippen molar-refractivity contribution in [3.63, 3.8) is 0 Å². The van der Waals surface area contributed by atoms with Gasteiger partial charge in [-0.3, -0.25) is 14.5 Å². The van der Waals surface area contributed by atoms with Crippen molar-refractivity contribution in [3.05, 3.63) is 96.7 Å². The number of unbranched alkanes of at least 4 members (excludes halogenated alkanes) is 2. The Kier molecular flexibility index (Phi) is 15.4. The summed E-state index contributed by atoms with van der Waals surface area (Å²) in [4.78, 5) is 63.7. The van der Waals surface area contributed by atoms with Gasteiger partial charge in [0.25, 0.3) is 11.8 Å². The minimum atomic E-state index is -2.54. The minimum absolute atomic E-state index is 0.000201. The Labute approximate surface area is 424 Å². The van der Waals surface area contributed by atoms with Crippen LogP contribution in [0.5, 0.6) is 28.7 Å². The average molecular weight is 1010 g/mol. The van der Waals surface area contributed by atoms with Crippen LogP contribution in [0.2, 0.25) is 18.1 Å². The molecule has 17 heteroatoms. The summed E-state index contributed by atoms with van der Waals surface area (Å²) in [5.41, 5.74) is 3.31. The quantitative estimate of drug-likeness (QED) is 0.0676. The van der Waals surface area contributed by atoms with E-state index in [4.69, 9.17) is 37.6 Å². The molecule has 0 N–H and O–H groups in total. The number of anilines is 2. The molecule has 3 atom stereocenters. The van der Waals surface area contributed by atoms with Gasteiger partial charge >= 0.3 is 12.2 Å². The van der Waals surface area contributed by atoms with E-state index >= 15 is 0 Å². The number of amides is 4. The summed E-state index contributed by atoms with van der Waals surface area (Å²) >= 11 is 0. The number of carbonyl (C=O) groups excluding carboxylic acids is 4. The normalized spacial score (nSPS) is 19.9. The third-order valence-corrected chi connectivity index (χ3v) is 19.5. The highest BCUT2D eigenvalue weighted by Crippen LogP contribution is 2.55. The van der Waals surface area contributed by atoms with E-state index in [0.29, 0.717) is 91.8 Å². The summed E-state index contributed by atoms with van der Waals surface area (Å²) in [7, 11) is 2.12. The fourth-order valence-electron chi connectivity index (χ4n) is 9.78. The van der Waals surface area contributed by atoms with Crippen LogP contribution in [0.4, 0.5) is 21.0 Å². The van der Waals surface area contributed by atoms with E-state index in [1.165, 1.54) is 36.2 Å². The molecule has 4 amide bonds. The Morgan fingerprint density at radius 1 is 0.764 bits per heavy atom. The standard InChI is InChI=1S/C55H70N4O12Si/c1-11-24-69-52(62)57-34-38-28-37(36-16-18-39(64-6)19-17-36)33-56(38)49(60)40-29-45(65-7)47(31-43(40)57)67-26-14-13-15-27-68-48-32-44-41(30-46(48)66-8)50(61)58-35-55(22-23-55)21-20-42(58)51(59(44)53(63)70-25-12-2)71-72(9,10)54(3,4)5/h11-12,16-19,29-33,38,42,51H,1-2,13-15,20-28,34-35H2,3-10H3/t38-,42-,51?/m0/s1. The Morgan fingerprint density at radius 2 is 1.36 bits per heavy atom. The van der Waals surface area contributed by atoms with Crippen LogP contribution in [-0.4, -0.2) is 121 Å². The molecule has 386 valence electrons. The molecule has 3 aromatic rings. The lowest BCUT2D eigenvalue weighted by Crippen LogP contribution is -2.61. The number of ether oxygens (including phenoxy) is 7. The van der Waals surface area contributed by atoms with Crippen LogP contribution in [0.25, 0.3) is 5.57 Å². The van der Waals surface area contributed by atoms with Gasteiger partial charge in [-0.2, -0.15) is 0 Å². The molecule has 0 bridgehead atoms. The maximum atomic E-state index is 14.8. The van der Waals surface area contributed by atoms with Crippen LogP contribution >= 0.6 is 0 Å². The first-order valence-corrected chi connectivity index (χ1v) is 27.9. The molecule has 1 saturated heterocycles. The zero-order valence-electron chi connectivity index (χ0n) is 43.1. The van der Waals surface area contributed by atoms with Crippen molar-refractivity contribution in [2.24, 2.45) is 5.41 Å². The molecule has 1 aliphatic carbocycles. The van der Waals surface area contributed by atoms with Gasteiger partial charge in [0.15, 0.2) is 37.5 Å². The van der Waals surface area contributed by atoms with E-state index in [1.807, 2.05) is 35.4 Å². The van der Waals surface area contributed by atoms with Gasteiger partial charge in [-0.05, 0) is 110 Å². The summed E-state index contributed by atoms with van der Waals surface area (Å²) in [6, 6.07) is 13.6. The Balaban J connectivity index is 0.979. The van der Waals surface area contributed by atoms with Gasteiger partial charge in [-0.1, -0.05) is 58.2 Å². The molecular formula is C55H70N4O12Si. The maximum absolute atomic E-state index is 14.8. The zero-order valence-corrected chi connectivity index (χ0v) is 44.1. The van der Waals surface area contributed by atoms with E-state index in [2.05, 4.69) is 47.0 Å². The van der Waals surface area contributed by atoms with E-state index in [1.54, 1.807) is 36.3 Å². The number of fused-ring (bicyclic) bond motifs is 4. The molecule has 16 nitrogen and oxygen atoms in total. The molecule has 1 spiro atoms. The molecule has 0 radical (unpaired) electrons. The van der Waals surface area contributed by atoms with E-state index < -0.39 is 26.7 Å². The van der Waals surface area contributed by atoms with Crippen LogP contribution in [0.3, 0.4) is 0 Å². The van der Waals surface area contributed by atoms with Crippen molar-refractivity contribution in [2.75, 3.05) is 70.6 Å². The molecule has 5 aliphatic rings. The predicted molar refractivity (Wildman–Crippen MR) is 277 cm³/mol. The lowest BCUT2D eigenvalue weighted by Gasteiger charge is -2.48. The number of hydrogen-bond donors (Lipinski definition) is 0. The van der Waals surface area contributed by atoms with Crippen LogP contribution < -0.4 is 33.5 Å². The molecule has 1 saturated carbocycles. The number of piperidine rings is 1. The molecule has 8 rings (SSSR count). The number of carbonyl (C=O) groups is 4. The van der Waals surface area contributed by atoms with Crippen molar-refractivity contribution in [3.8, 4) is 28.7 Å². The molecule has 4 aliphatic heterocycles. The monoisotopic (exact) mass is 1010 g/mol. The van der Waals surface area contributed by atoms with Gasteiger partial charge in [0.1, 0.15) is 19.0 Å². The lowest BCUT2D eigenvalue weighted by molar-refractivity contribution is 0.0125. The zero-order chi connectivity index (χ0) is 51.5. The highest BCUT2D eigenvalue weighted by molar-refractivity contribution is 6.74. The molecule has 4 heterocycles. The third-order valence-electron chi connectivity index (χ3n) is 15.1. The fraction of sp³-hybridized carbons (Fsp3) is 0.491. The summed E-state index contributed by atoms with van der Waals surface area (Å²) in [5.74, 6) is 1.74. The van der Waals surface area contributed by atoms with Gasteiger partial charge in [0, 0.05) is 24.9 Å². The molecule has 0 aromatic heterocycles. The Morgan fingerprint density at radius 3 is 1.93 bits per heavy atom. The van der Waals surface area contributed by atoms with Gasteiger partial charge in [0.2, 0.25) is 0 Å². The van der Waals surface area contributed by atoms with Crippen molar-refractivity contribution < 1.29 is 56.8 Å². The summed E-state index contributed by atoms with van der Waals surface area (Å²) in [6.45, 7) is 19.6. The van der Waals surface area contributed by atoms with Gasteiger partial charge in [-0.15, -0.1) is 0 Å². The van der Waals surface area contributed by atoms with Crippen LogP contribution in [-0.2, 0) is 13.9 Å². The van der Waals surface area contributed by atoms with E-state index in [0.717, 1.165) is 36.1 Å². The van der Waals surface area contributed by atoms with Crippen molar-refractivity contribution >= 4 is 49.3 Å². The molecule has 2 fully saturated rings. The summed E-state index contributed by atoms with van der Waals surface area (Å²) in [6.07, 6.45) is 9.11. The smallest absolute Gasteiger partial charge is 0.416 e. The number of rotatable bonds is 18. The second-order valence-electron chi connectivity index (χ2n) is 20.8. The lowest BCUT2D eigenvalue weighted by atomic mass is 9.89. The van der Waals surface area contributed by atoms with Crippen LogP contribution in [0.1, 0.15) is 98.4 Å². The first-order valence-electron chi connectivity index (χ1n) is 24.9. The highest BCUT2D eigenvalue weighted by atomic mass is 28.4. The molecule has 1 unspecified atom stereocenters. The first kappa shape index (κ1) is 51.9. The second kappa shape index (κ2) is 21.3. The van der Waals surface area contributed by atoms with Crippen molar-refractivity contribution in [2.45, 2.75) is 109 Å². The topological polar surface area (TPSA) is 155 Å². The van der Waals surface area contributed by atoms with Crippen molar-refractivity contribution in [1.82, 2.24) is 9.80 Å². The van der Waals surface area contributed by atoms with E-state index in [9.17, 15) is 19.2 Å². The molecular weight excluding hydrogens is 937 g/mol. The van der Waals surface area contributed by atoms with E-state index in [-0.39, 0.29) is 59.7 Å². The summed E-state index contributed by atoms with van der Waals surface area (Å²) in [5, 5.41) is -0.186. The van der Waals surface area contributed by atoms with Gasteiger partial charge < -0.3 is 47.4 Å². The van der Waals surface area contributed by atoms with Gasteiger partial charge in [0.05, 0.1) is 75.7 Å². The third kappa shape index (κ3) is 10.5. The van der Waals surface area contributed by atoms with Crippen LogP contribution in [0.15, 0.2) is 80.0 Å². The number of benzene rings is 3. The first-order chi connectivity index (χ1) is 34.5. The number of methoxy groups -OCH3 is 3. The fourth-order valence-corrected chi connectivity index (χ4v) is 11.0. The largest absolute Gasteiger partial charge is 0.497 e. The summed E-state index contributed by atoms with van der Waals surface area (Å²) < 4.78 is 48.2. The predicted octanol–water partition coefficient (Wildman–Crippen LogP) is 10.6. The average Bonchev–Trinajstić information content (AvgIpc) is 4.03.